The molecule has 0 aliphatic carbocycles. The maximum atomic E-state index is 13.4. The predicted molar refractivity (Wildman–Crippen MR) is 122 cm³/mol. The molecule has 0 radical (unpaired) electrons. The van der Waals surface area contributed by atoms with E-state index in [1.165, 1.54) is 12.1 Å². The van der Waals surface area contributed by atoms with E-state index in [1.54, 1.807) is 16.6 Å². The third kappa shape index (κ3) is 3.66. The number of halogens is 1. The highest BCUT2D eigenvalue weighted by Gasteiger charge is 2.24. The summed E-state index contributed by atoms with van der Waals surface area (Å²) in [4.78, 5) is 22.3. The summed E-state index contributed by atoms with van der Waals surface area (Å²) in [5, 5.41) is 11.8. The molecular weight excluding hydrogens is 407 g/mol. The molecule has 0 saturated carbocycles. The molecular formula is C24H25FN6O. The third-order valence-electron chi connectivity index (χ3n) is 5.90. The molecule has 2 N–H and O–H groups in total. The number of hydrogen-bond acceptors (Lipinski definition) is 5. The normalized spacial score (nSPS) is 17.0. The zero-order chi connectivity index (χ0) is 22.2. The molecule has 164 valence electrons. The molecule has 7 nitrogen and oxygen atoms in total. The number of carbonyl (C=O) groups excluding carboxylic acids is 1. The Bertz CT molecular complexity index is 1300. The lowest BCUT2D eigenvalue weighted by molar-refractivity contribution is -0.121. The minimum Gasteiger partial charge on any atom is -0.354 e. The van der Waals surface area contributed by atoms with E-state index >= 15 is 0 Å². The van der Waals surface area contributed by atoms with Crippen molar-refractivity contribution in [1.82, 2.24) is 24.9 Å². The van der Waals surface area contributed by atoms with E-state index in [0.717, 1.165) is 35.7 Å². The first-order chi connectivity index (χ1) is 15.5. The van der Waals surface area contributed by atoms with Crippen molar-refractivity contribution >= 4 is 28.4 Å². The lowest BCUT2D eigenvalue weighted by Gasteiger charge is -2.18. The maximum Gasteiger partial charge on any atom is 0.242 e. The highest BCUT2D eigenvalue weighted by molar-refractivity contribution is 5.95. The van der Waals surface area contributed by atoms with Crippen molar-refractivity contribution in [2.24, 2.45) is 0 Å². The largest absolute Gasteiger partial charge is 0.354 e. The van der Waals surface area contributed by atoms with Gasteiger partial charge in [-0.2, -0.15) is 4.52 Å². The summed E-state index contributed by atoms with van der Waals surface area (Å²) >= 11 is 0. The van der Waals surface area contributed by atoms with E-state index in [-0.39, 0.29) is 17.6 Å². The Morgan fingerprint density at radius 3 is 2.72 bits per heavy atom. The standard InChI is InChI=1S/C24H25FN6O/c1-14(2)17-6-5-7-18-20(17)28-24(27-19-8-3-4-13-26-23(19)32)31-22(18)29-21(30-31)15-9-11-16(25)12-10-15/h5-7,9-12,14,19H,3-4,8,13H2,1-2H3,(H,26,32)(H,27,28). The summed E-state index contributed by atoms with van der Waals surface area (Å²) in [5.74, 6) is 0.870. The van der Waals surface area contributed by atoms with Crippen LogP contribution in [0.3, 0.4) is 0 Å². The van der Waals surface area contributed by atoms with Crippen molar-refractivity contribution in [1.29, 1.82) is 0 Å². The molecule has 32 heavy (non-hydrogen) atoms. The van der Waals surface area contributed by atoms with Gasteiger partial charge in [-0.1, -0.05) is 26.0 Å². The number of nitrogens with zero attached hydrogens (tertiary/aromatic N) is 4. The number of nitrogens with one attached hydrogen (secondary N) is 2. The van der Waals surface area contributed by atoms with Gasteiger partial charge in [0.25, 0.3) is 0 Å². The molecule has 2 aromatic carbocycles. The average molecular weight is 433 g/mol. The minimum absolute atomic E-state index is 0.0337. The van der Waals surface area contributed by atoms with Crippen LogP contribution in [-0.2, 0) is 4.79 Å². The molecule has 0 spiro atoms. The number of para-hydroxylation sites is 1. The monoisotopic (exact) mass is 432 g/mol. The fourth-order valence-corrected chi connectivity index (χ4v) is 4.17. The van der Waals surface area contributed by atoms with Crippen molar-refractivity contribution in [2.75, 3.05) is 11.9 Å². The Labute approximate surface area is 185 Å². The number of anilines is 1. The number of carbonyl (C=O) groups is 1. The summed E-state index contributed by atoms with van der Waals surface area (Å²) in [6.07, 6.45) is 2.63. The quantitative estimate of drug-likeness (QED) is 0.503. The van der Waals surface area contributed by atoms with E-state index in [9.17, 15) is 9.18 Å². The minimum atomic E-state index is -0.393. The Morgan fingerprint density at radius 1 is 1.12 bits per heavy atom. The topological polar surface area (TPSA) is 84.2 Å². The van der Waals surface area contributed by atoms with Gasteiger partial charge in [-0.05, 0) is 61.1 Å². The molecule has 5 rings (SSSR count). The highest BCUT2D eigenvalue weighted by Crippen LogP contribution is 2.30. The van der Waals surface area contributed by atoms with Crippen molar-refractivity contribution in [3.8, 4) is 11.4 Å². The Hall–Kier alpha value is -3.55. The Morgan fingerprint density at radius 2 is 1.94 bits per heavy atom. The summed E-state index contributed by atoms with van der Waals surface area (Å²) in [6.45, 7) is 4.94. The molecule has 1 aliphatic heterocycles. The predicted octanol–water partition coefficient (Wildman–Crippen LogP) is 4.29. The lowest BCUT2D eigenvalue weighted by atomic mass is 10.0. The van der Waals surface area contributed by atoms with Crippen LogP contribution in [-0.4, -0.2) is 38.1 Å². The van der Waals surface area contributed by atoms with Gasteiger partial charge in [0.05, 0.1) is 5.52 Å². The molecule has 1 amide bonds. The number of rotatable bonds is 4. The highest BCUT2D eigenvalue weighted by atomic mass is 19.1. The second-order valence-corrected chi connectivity index (χ2v) is 8.49. The average Bonchev–Trinajstić information content (AvgIpc) is 3.14. The van der Waals surface area contributed by atoms with E-state index in [0.29, 0.717) is 29.5 Å². The molecule has 1 saturated heterocycles. The maximum absolute atomic E-state index is 13.4. The van der Waals surface area contributed by atoms with Crippen LogP contribution in [0.5, 0.6) is 0 Å². The van der Waals surface area contributed by atoms with Crippen molar-refractivity contribution in [3.63, 3.8) is 0 Å². The summed E-state index contributed by atoms with van der Waals surface area (Å²) < 4.78 is 15.1. The van der Waals surface area contributed by atoms with E-state index < -0.39 is 6.04 Å². The number of aromatic nitrogens is 4. The van der Waals surface area contributed by atoms with E-state index in [2.05, 4.69) is 35.6 Å². The van der Waals surface area contributed by atoms with Crippen LogP contribution in [0.4, 0.5) is 10.3 Å². The van der Waals surface area contributed by atoms with Crippen LogP contribution < -0.4 is 10.6 Å². The van der Waals surface area contributed by atoms with Gasteiger partial charge in [-0.25, -0.2) is 14.4 Å². The van der Waals surface area contributed by atoms with Crippen LogP contribution in [0.15, 0.2) is 42.5 Å². The molecule has 8 heteroatoms. The molecule has 1 fully saturated rings. The molecule has 2 aromatic heterocycles. The van der Waals surface area contributed by atoms with Gasteiger partial charge in [0.1, 0.15) is 11.9 Å². The fraction of sp³-hybridized carbons (Fsp3) is 0.333. The first-order valence-electron chi connectivity index (χ1n) is 11.0. The van der Waals surface area contributed by atoms with E-state index in [1.807, 2.05) is 12.1 Å². The van der Waals surface area contributed by atoms with Crippen LogP contribution in [0, 0.1) is 5.82 Å². The zero-order valence-corrected chi connectivity index (χ0v) is 18.1. The zero-order valence-electron chi connectivity index (χ0n) is 18.1. The van der Waals surface area contributed by atoms with Crippen LogP contribution >= 0.6 is 0 Å². The smallest absolute Gasteiger partial charge is 0.242 e. The fourth-order valence-electron chi connectivity index (χ4n) is 4.17. The van der Waals surface area contributed by atoms with Crippen molar-refractivity contribution < 1.29 is 9.18 Å². The van der Waals surface area contributed by atoms with Crippen molar-refractivity contribution in [2.45, 2.75) is 45.1 Å². The number of hydrogen-bond donors (Lipinski definition) is 2. The third-order valence-corrected chi connectivity index (χ3v) is 5.90. The van der Waals surface area contributed by atoms with Crippen LogP contribution in [0.2, 0.25) is 0 Å². The summed E-state index contributed by atoms with van der Waals surface area (Å²) in [6, 6.07) is 11.8. The first kappa shape index (κ1) is 20.4. The van der Waals surface area contributed by atoms with Crippen LogP contribution in [0.1, 0.15) is 44.6 Å². The van der Waals surface area contributed by atoms with Crippen LogP contribution in [0.25, 0.3) is 27.9 Å². The molecule has 1 unspecified atom stereocenters. The Balaban J connectivity index is 1.71. The second-order valence-electron chi connectivity index (χ2n) is 8.49. The lowest BCUT2D eigenvalue weighted by Crippen LogP contribution is -2.38. The number of fused-ring (bicyclic) bond motifs is 3. The molecule has 1 atom stereocenters. The first-order valence-corrected chi connectivity index (χ1v) is 11.0. The molecule has 3 heterocycles. The van der Waals surface area contributed by atoms with Gasteiger partial charge in [-0.3, -0.25) is 4.79 Å². The van der Waals surface area contributed by atoms with Gasteiger partial charge in [-0.15, -0.1) is 5.10 Å². The molecule has 1 aliphatic rings. The molecule has 4 aromatic rings. The van der Waals surface area contributed by atoms with E-state index in [4.69, 9.17) is 9.97 Å². The number of amides is 1. The van der Waals surface area contributed by atoms with Gasteiger partial charge < -0.3 is 10.6 Å². The number of benzene rings is 2. The Kier molecular flexibility index (Phi) is 5.20. The van der Waals surface area contributed by atoms with Gasteiger partial charge >= 0.3 is 0 Å². The SMILES string of the molecule is CC(C)c1cccc2c1nc(NC1CCCCNC1=O)n1nc(-c3ccc(F)cc3)nc21. The van der Waals surface area contributed by atoms with Gasteiger partial charge in [0.15, 0.2) is 11.5 Å². The van der Waals surface area contributed by atoms with Gasteiger partial charge in [0.2, 0.25) is 11.9 Å². The summed E-state index contributed by atoms with van der Waals surface area (Å²) in [7, 11) is 0. The second kappa shape index (κ2) is 8.18. The summed E-state index contributed by atoms with van der Waals surface area (Å²) in [5.41, 5.74) is 3.30. The van der Waals surface area contributed by atoms with Gasteiger partial charge in [0, 0.05) is 17.5 Å². The van der Waals surface area contributed by atoms with Crippen molar-refractivity contribution in [3.05, 3.63) is 53.8 Å². The molecule has 0 bridgehead atoms.